The summed E-state index contributed by atoms with van der Waals surface area (Å²) in [6, 6.07) is 0. The highest BCUT2D eigenvalue weighted by molar-refractivity contribution is 7.71. The number of rotatable bonds is 4. The molecular weight excluding hydrogens is 256 g/mol. The number of hydrogen-bond acceptors (Lipinski definition) is 2. The molecule has 0 bridgehead atoms. The normalized spacial score (nSPS) is 16.7. The highest BCUT2D eigenvalue weighted by Gasteiger charge is 2.17. The van der Waals surface area contributed by atoms with Crippen molar-refractivity contribution in [2.45, 2.75) is 59.0 Å². The van der Waals surface area contributed by atoms with Crippen LogP contribution in [0.15, 0.2) is 0 Å². The van der Waals surface area contributed by atoms with Crippen LogP contribution in [0.2, 0.25) is 0 Å². The van der Waals surface area contributed by atoms with E-state index >= 15 is 0 Å². The average molecular weight is 278 g/mol. The zero-order chi connectivity index (χ0) is 13.4. The molecule has 0 amide bonds. The van der Waals surface area contributed by atoms with Gasteiger partial charge in [-0.25, -0.2) is 4.68 Å². The molecule has 1 aliphatic carbocycles. The third-order valence-electron chi connectivity index (χ3n) is 4.37. The van der Waals surface area contributed by atoms with Crippen molar-refractivity contribution in [1.82, 2.24) is 19.3 Å². The number of imidazole rings is 1. The lowest BCUT2D eigenvalue weighted by Gasteiger charge is -2.10. The number of H-pyrrole nitrogens is 1. The Kier molecular flexibility index (Phi) is 3.48. The second-order valence-corrected chi connectivity index (χ2v) is 6.01. The summed E-state index contributed by atoms with van der Waals surface area (Å²) in [6.45, 7) is 6.08. The van der Waals surface area contributed by atoms with Crippen LogP contribution in [-0.4, -0.2) is 19.3 Å². The van der Waals surface area contributed by atoms with Gasteiger partial charge in [-0.05, 0) is 38.4 Å². The zero-order valence-corrected chi connectivity index (χ0v) is 12.6. The molecule has 2 heterocycles. The Morgan fingerprint density at radius 1 is 1.37 bits per heavy atom. The second kappa shape index (κ2) is 5.12. The highest BCUT2D eigenvalue weighted by atomic mass is 32.1. The van der Waals surface area contributed by atoms with Crippen LogP contribution in [-0.2, 0) is 13.1 Å². The van der Waals surface area contributed by atoms with Gasteiger partial charge in [0.2, 0.25) is 0 Å². The number of fused-ring (bicyclic) bond motifs is 1. The average Bonchev–Trinajstić information content (AvgIpc) is 3.06. The van der Waals surface area contributed by atoms with Gasteiger partial charge in [0.15, 0.2) is 10.4 Å². The third kappa shape index (κ3) is 2.24. The molecule has 0 spiro atoms. The van der Waals surface area contributed by atoms with Gasteiger partial charge in [-0.2, -0.15) is 5.10 Å². The summed E-state index contributed by atoms with van der Waals surface area (Å²) in [6.07, 6.45) is 6.85. The Labute approximate surface area is 118 Å². The Morgan fingerprint density at radius 2 is 2.11 bits per heavy atom. The minimum absolute atomic E-state index is 0.843. The first kappa shape index (κ1) is 12.9. The minimum Gasteiger partial charge on any atom is -0.328 e. The van der Waals surface area contributed by atoms with Gasteiger partial charge < -0.3 is 9.55 Å². The van der Waals surface area contributed by atoms with E-state index in [9.17, 15) is 0 Å². The second-order valence-electron chi connectivity index (χ2n) is 5.62. The van der Waals surface area contributed by atoms with Crippen molar-refractivity contribution in [3.63, 3.8) is 0 Å². The fourth-order valence-corrected chi connectivity index (χ4v) is 3.58. The van der Waals surface area contributed by atoms with E-state index in [1.54, 1.807) is 0 Å². The number of aryl methyl sites for hydroxylation is 3. The van der Waals surface area contributed by atoms with Gasteiger partial charge in [0.05, 0.1) is 5.69 Å². The number of nitrogens with zero attached hydrogens (tertiary/aromatic N) is 3. The fraction of sp³-hybridized carbons (Fsp3) is 0.714. The first-order valence-electron chi connectivity index (χ1n) is 7.36. The molecular formula is C14H22N4S. The molecule has 104 valence electrons. The van der Waals surface area contributed by atoms with Crippen molar-refractivity contribution in [2.24, 2.45) is 5.92 Å². The van der Waals surface area contributed by atoms with Crippen molar-refractivity contribution in [2.75, 3.05) is 0 Å². The molecule has 19 heavy (non-hydrogen) atoms. The predicted molar refractivity (Wildman–Crippen MR) is 79.9 cm³/mol. The molecule has 0 aromatic carbocycles. The summed E-state index contributed by atoms with van der Waals surface area (Å²) in [5.74, 6) is 0.894. The van der Waals surface area contributed by atoms with Crippen molar-refractivity contribution in [1.29, 1.82) is 0 Å². The Hall–Kier alpha value is -1.10. The standard InChI is InChI=1S/C14H22N4S/c1-3-18-13-12(10(2)16-18)15-14(19)17(13)9-8-11-6-4-5-7-11/h11H,3-9H2,1-2H3,(H,15,19). The van der Waals surface area contributed by atoms with Crippen LogP contribution < -0.4 is 0 Å². The molecule has 4 nitrogen and oxygen atoms in total. The van der Waals surface area contributed by atoms with Gasteiger partial charge in [0.25, 0.3) is 0 Å². The zero-order valence-electron chi connectivity index (χ0n) is 11.8. The summed E-state index contributed by atoms with van der Waals surface area (Å²) in [4.78, 5) is 3.32. The lowest BCUT2D eigenvalue weighted by Crippen LogP contribution is -2.08. The largest absolute Gasteiger partial charge is 0.328 e. The van der Waals surface area contributed by atoms with Crippen molar-refractivity contribution in [3.05, 3.63) is 10.5 Å². The Balaban J connectivity index is 1.92. The summed E-state index contributed by atoms with van der Waals surface area (Å²) >= 11 is 5.48. The number of aromatic amines is 1. The van der Waals surface area contributed by atoms with E-state index < -0.39 is 0 Å². The molecule has 1 fully saturated rings. The van der Waals surface area contributed by atoms with Gasteiger partial charge in [0, 0.05) is 13.1 Å². The quantitative estimate of drug-likeness (QED) is 0.864. The fourth-order valence-electron chi connectivity index (χ4n) is 3.30. The molecule has 0 radical (unpaired) electrons. The van der Waals surface area contributed by atoms with Crippen LogP contribution >= 0.6 is 12.2 Å². The maximum atomic E-state index is 5.48. The predicted octanol–water partition coefficient (Wildman–Crippen LogP) is 3.80. The number of aromatic nitrogens is 4. The van der Waals surface area contributed by atoms with E-state index in [2.05, 4.69) is 26.3 Å². The van der Waals surface area contributed by atoms with Crippen LogP contribution in [0.1, 0.15) is 44.7 Å². The molecule has 0 atom stereocenters. The van der Waals surface area contributed by atoms with Crippen LogP contribution in [0, 0.1) is 17.6 Å². The first-order chi connectivity index (χ1) is 9.20. The summed E-state index contributed by atoms with van der Waals surface area (Å²) in [7, 11) is 0. The van der Waals surface area contributed by atoms with Crippen LogP contribution in [0.4, 0.5) is 0 Å². The van der Waals surface area contributed by atoms with E-state index in [0.717, 1.165) is 35.0 Å². The van der Waals surface area contributed by atoms with Crippen LogP contribution in [0.3, 0.4) is 0 Å². The van der Waals surface area contributed by atoms with E-state index in [1.807, 2.05) is 6.92 Å². The Morgan fingerprint density at radius 3 is 2.79 bits per heavy atom. The minimum atomic E-state index is 0.843. The molecule has 1 aliphatic rings. The maximum Gasteiger partial charge on any atom is 0.179 e. The van der Waals surface area contributed by atoms with Gasteiger partial charge in [-0.15, -0.1) is 0 Å². The molecule has 2 aromatic heterocycles. The number of hydrogen-bond donors (Lipinski definition) is 1. The Bertz CT molecular complexity index is 628. The van der Waals surface area contributed by atoms with Gasteiger partial charge >= 0.3 is 0 Å². The van der Waals surface area contributed by atoms with Crippen molar-refractivity contribution >= 4 is 23.4 Å². The lowest BCUT2D eigenvalue weighted by atomic mass is 10.0. The molecule has 2 aromatic rings. The monoisotopic (exact) mass is 278 g/mol. The van der Waals surface area contributed by atoms with Crippen LogP contribution in [0.25, 0.3) is 11.2 Å². The van der Waals surface area contributed by atoms with Gasteiger partial charge in [0.1, 0.15) is 5.52 Å². The summed E-state index contributed by atoms with van der Waals surface area (Å²) < 4.78 is 5.15. The number of nitrogens with one attached hydrogen (secondary N) is 1. The van der Waals surface area contributed by atoms with Crippen molar-refractivity contribution in [3.8, 4) is 0 Å². The lowest BCUT2D eigenvalue weighted by molar-refractivity contribution is 0.456. The van der Waals surface area contributed by atoms with E-state index in [-0.39, 0.29) is 0 Å². The molecule has 0 saturated heterocycles. The van der Waals surface area contributed by atoms with E-state index in [4.69, 9.17) is 12.2 Å². The molecule has 1 N–H and O–H groups in total. The van der Waals surface area contributed by atoms with Crippen LogP contribution in [0.5, 0.6) is 0 Å². The molecule has 1 saturated carbocycles. The maximum absolute atomic E-state index is 5.48. The summed E-state index contributed by atoms with van der Waals surface area (Å²) in [5.41, 5.74) is 3.32. The SMILES string of the molecule is CCn1nc(C)c2[nH]c(=S)n(CCC3CCCC3)c21. The topological polar surface area (TPSA) is 38.5 Å². The first-order valence-corrected chi connectivity index (χ1v) is 7.77. The smallest absolute Gasteiger partial charge is 0.179 e. The molecule has 3 rings (SSSR count). The van der Waals surface area contributed by atoms with Gasteiger partial charge in [-0.1, -0.05) is 25.7 Å². The molecule has 0 unspecified atom stereocenters. The van der Waals surface area contributed by atoms with Gasteiger partial charge in [-0.3, -0.25) is 0 Å². The third-order valence-corrected chi connectivity index (χ3v) is 4.69. The highest BCUT2D eigenvalue weighted by Crippen LogP contribution is 2.28. The van der Waals surface area contributed by atoms with E-state index in [0.29, 0.717) is 0 Å². The molecule has 0 aliphatic heterocycles. The summed E-state index contributed by atoms with van der Waals surface area (Å²) in [5, 5.41) is 4.57. The van der Waals surface area contributed by atoms with Crippen molar-refractivity contribution < 1.29 is 0 Å². The van der Waals surface area contributed by atoms with E-state index in [1.165, 1.54) is 37.8 Å². The molecule has 5 heteroatoms.